The van der Waals surface area contributed by atoms with E-state index in [1.165, 1.54) is 13.0 Å². The summed E-state index contributed by atoms with van der Waals surface area (Å²) in [6.45, 7) is 6.45. The monoisotopic (exact) mass is 441 g/mol. The van der Waals surface area contributed by atoms with Crippen LogP contribution in [0.4, 0.5) is 4.79 Å². The predicted octanol–water partition coefficient (Wildman–Crippen LogP) is 3.69. The van der Waals surface area contributed by atoms with Crippen LogP contribution >= 0.6 is 0 Å². The lowest BCUT2D eigenvalue weighted by Crippen LogP contribution is -2.43. The third kappa shape index (κ3) is 5.00. The van der Waals surface area contributed by atoms with E-state index in [0.717, 1.165) is 6.07 Å². The molecule has 3 aromatic rings. The molecule has 0 aliphatic carbocycles. The largest absolute Gasteiger partial charge is 0.504 e. The molecular formula is C23H23NO8. The average Bonchev–Trinajstić information content (AvgIpc) is 2.70. The van der Waals surface area contributed by atoms with E-state index in [-0.39, 0.29) is 16.7 Å². The fourth-order valence-corrected chi connectivity index (χ4v) is 2.85. The summed E-state index contributed by atoms with van der Waals surface area (Å²) in [4.78, 5) is 36.8. The van der Waals surface area contributed by atoms with E-state index in [9.17, 15) is 24.6 Å². The summed E-state index contributed by atoms with van der Waals surface area (Å²) in [5.41, 5.74) is -0.819. The van der Waals surface area contributed by atoms with E-state index < -0.39 is 46.4 Å². The molecule has 1 aromatic heterocycles. The molecule has 0 aliphatic heterocycles. The standard InChI is InChI=1S/C23H23NO8/c1-12(21(28)32-23(2,3)4)24-22(29)31-17-11-16-18(20(27)19(17)26)14(25)10-15(30-16)13-8-6-5-7-9-13/h5-12,26-27H,1-4H3,(H,24,29)/t12-/m0/s1. The normalized spacial score (nSPS) is 12.2. The van der Waals surface area contributed by atoms with Crippen LogP contribution in [0, 0.1) is 0 Å². The second kappa shape index (κ2) is 8.62. The molecule has 0 bridgehead atoms. The van der Waals surface area contributed by atoms with Gasteiger partial charge in [0.25, 0.3) is 0 Å². The first-order valence-corrected chi connectivity index (χ1v) is 9.75. The van der Waals surface area contributed by atoms with Gasteiger partial charge in [-0.1, -0.05) is 30.3 Å². The Kier molecular flexibility index (Phi) is 6.11. The number of esters is 1. The Balaban J connectivity index is 1.90. The highest BCUT2D eigenvalue weighted by atomic mass is 16.6. The smallest absolute Gasteiger partial charge is 0.413 e. The van der Waals surface area contributed by atoms with Crippen LogP contribution in [0.3, 0.4) is 0 Å². The topological polar surface area (TPSA) is 135 Å². The van der Waals surface area contributed by atoms with Gasteiger partial charge in [0, 0.05) is 17.7 Å². The molecule has 0 unspecified atom stereocenters. The molecule has 0 radical (unpaired) electrons. The first-order valence-electron chi connectivity index (χ1n) is 9.75. The quantitative estimate of drug-likeness (QED) is 0.412. The summed E-state index contributed by atoms with van der Waals surface area (Å²) in [5.74, 6) is -2.53. The zero-order valence-electron chi connectivity index (χ0n) is 18.0. The molecule has 1 amide bonds. The maximum atomic E-state index is 12.5. The lowest BCUT2D eigenvalue weighted by atomic mass is 10.1. The molecule has 168 valence electrons. The fourth-order valence-electron chi connectivity index (χ4n) is 2.85. The van der Waals surface area contributed by atoms with Crippen LogP contribution in [0.1, 0.15) is 27.7 Å². The molecule has 0 saturated heterocycles. The van der Waals surface area contributed by atoms with Gasteiger partial charge in [-0.05, 0) is 27.7 Å². The lowest BCUT2D eigenvalue weighted by molar-refractivity contribution is -0.156. The van der Waals surface area contributed by atoms with E-state index in [2.05, 4.69) is 5.32 Å². The second-order valence-electron chi connectivity index (χ2n) is 8.07. The highest BCUT2D eigenvalue weighted by molar-refractivity contribution is 5.90. The molecule has 3 rings (SSSR count). The van der Waals surface area contributed by atoms with Crippen LogP contribution in [0.5, 0.6) is 17.2 Å². The number of rotatable bonds is 4. The van der Waals surface area contributed by atoms with Gasteiger partial charge in [-0.25, -0.2) is 9.59 Å². The van der Waals surface area contributed by atoms with Crippen molar-refractivity contribution < 1.29 is 33.7 Å². The van der Waals surface area contributed by atoms with Gasteiger partial charge in [0.1, 0.15) is 28.4 Å². The van der Waals surface area contributed by atoms with Gasteiger partial charge in [-0.2, -0.15) is 0 Å². The zero-order valence-corrected chi connectivity index (χ0v) is 18.0. The van der Waals surface area contributed by atoms with E-state index in [0.29, 0.717) is 5.56 Å². The number of ether oxygens (including phenoxy) is 2. The Morgan fingerprint density at radius 2 is 1.72 bits per heavy atom. The molecule has 9 nitrogen and oxygen atoms in total. The van der Waals surface area contributed by atoms with Gasteiger partial charge in [0.2, 0.25) is 5.75 Å². The Labute approximate surface area is 183 Å². The number of amides is 1. The van der Waals surface area contributed by atoms with Crippen molar-refractivity contribution in [3.8, 4) is 28.6 Å². The van der Waals surface area contributed by atoms with Crippen LogP contribution in [0.15, 0.2) is 51.7 Å². The van der Waals surface area contributed by atoms with Crippen molar-refractivity contribution in [3.05, 3.63) is 52.7 Å². The SMILES string of the molecule is C[C@H](NC(=O)Oc1cc2oc(-c3ccccc3)cc(=O)c2c(O)c1O)C(=O)OC(C)(C)C. The minimum absolute atomic E-state index is 0.102. The fraction of sp³-hybridized carbons (Fsp3) is 0.261. The number of phenolic OH excluding ortho intramolecular Hbond substituents is 2. The van der Waals surface area contributed by atoms with E-state index in [4.69, 9.17) is 13.9 Å². The molecular weight excluding hydrogens is 418 g/mol. The van der Waals surface area contributed by atoms with Crippen molar-refractivity contribution in [1.82, 2.24) is 5.32 Å². The highest BCUT2D eigenvalue weighted by Gasteiger charge is 2.25. The molecule has 2 aromatic carbocycles. The summed E-state index contributed by atoms with van der Waals surface area (Å²) in [5, 5.41) is 22.5. The average molecular weight is 441 g/mol. The Hall–Kier alpha value is -4.01. The minimum Gasteiger partial charge on any atom is -0.504 e. The number of carbonyl (C=O) groups excluding carboxylic acids is 2. The Morgan fingerprint density at radius 3 is 2.34 bits per heavy atom. The van der Waals surface area contributed by atoms with Crippen LogP contribution < -0.4 is 15.5 Å². The van der Waals surface area contributed by atoms with E-state index >= 15 is 0 Å². The number of phenols is 2. The summed E-state index contributed by atoms with van der Waals surface area (Å²) in [6.07, 6.45) is -1.08. The Morgan fingerprint density at radius 1 is 1.06 bits per heavy atom. The van der Waals surface area contributed by atoms with Crippen LogP contribution in [-0.2, 0) is 9.53 Å². The molecule has 0 fully saturated rings. The van der Waals surface area contributed by atoms with Gasteiger partial charge in [-0.15, -0.1) is 0 Å². The maximum Gasteiger partial charge on any atom is 0.413 e. The number of aromatic hydroxyl groups is 2. The van der Waals surface area contributed by atoms with Gasteiger partial charge in [0.15, 0.2) is 16.9 Å². The molecule has 0 saturated carbocycles. The Bertz CT molecular complexity index is 1220. The van der Waals surface area contributed by atoms with E-state index in [1.54, 1.807) is 51.1 Å². The van der Waals surface area contributed by atoms with Gasteiger partial charge >= 0.3 is 12.1 Å². The molecule has 0 spiro atoms. The van der Waals surface area contributed by atoms with Crippen molar-refractivity contribution in [3.63, 3.8) is 0 Å². The zero-order chi connectivity index (χ0) is 23.6. The van der Waals surface area contributed by atoms with Crippen molar-refractivity contribution in [2.75, 3.05) is 0 Å². The summed E-state index contributed by atoms with van der Waals surface area (Å²) >= 11 is 0. The first-order chi connectivity index (χ1) is 15.0. The van der Waals surface area contributed by atoms with Crippen molar-refractivity contribution in [2.24, 2.45) is 0 Å². The van der Waals surface area contributed by atoms with E-state index in [1.807, 2.05) is 0 Å². The third-order valence-electron chi connectivity index (χ3n) is 4.29. The number of nitrogens with one attached hydrogen (secondary N) is 1. The number of hydrogen-bond donors (Lipinski definition) is 3. The van der Waals surface area contributed by atoms with Gasteiger partial charge in [0.05, 0.1) is 0 Å². The number of fused-ring (bicyclic) bond motifs is 1. The minimum atomic E-state index is -1.08. The van der Waals surface area contributed by atoms with Crippen molar-refractivity contribution in [1.29, 1.82) is 0 Å². The summed E-state index contributed by atoms with van der Waals surface area (Å²) in [7, 11) is 0. The molecule has 9 heteroatoms. The van der Waals surface area contributed by atoms with Crippen LogP contribution in [0.25, 0.3) is 22.3 Å². The highest BCUT2D eigenvalue weighted by Crippen LogP contribution is 2.41. The summed E-state index contributed by atoms with van der Waals surface area (Å²) < 4.78 is 15.9. The maximum absolute atomic E-state index is 12.5. The number of carbonyl (C=O) groups is 2. The van der Waals surface area contributed by atoms with Crippen molar-refractivity contribution >= 4 is 23.0 Å². The van der Waals surface area contributed by atoms with Crippen molar-refractivity contribution in [2.45, 2.75) is 39.3 Å². The third-order valence-corrected chi connectivity index (χ3v) is 4.29. The van der Waals surface area contributed by atoms with Gasteiger partial charge in [-0.3, -0.25) is 4.79 Å². The summed E-state index contributed by atoms with van der Waals surface area (Å²) in [6, 6.07) is 10.0. The number of hydrogen-bond acceptors (Lipinski definition) is 8. The molecule has 32 heavy (non-hydrogen) atoms. The number of benzene rings is 2. The molecule has 1 atom stereocenters. The second-order valence-corrected chi connectivity index (χ2v) is 8.07. The van der Waals surface area contributed by atoms with Crippen LogP contribution in [-0.4, -0.2) is 33.9 Å². The predicted molar refractivity (Wildman–Crippen MR) is 116 cm³/mol. The van der Waals surface area contributed by atoms with Crippen LogP contribution in [0.2, 0.25) is 0 Å². The van der Waals surface area contributed by atoms with Gasteiger partial charge < -0.3 is 29.4 Å². The molecule has 1 heterocycles. The first kappa shape index (κ1) is 22.7. The molecule has 3 N–H and O–H groups in total. The molecule has 0 aliphatic rings. The lowest BCUT2D eigenvalue weighted by Gasteiger charge is -2.22.